The van der Waals surface area contributed by atoms with Crippen LogP contribution in [-0.2, 0) is 9.59 Å². The average Bonchev–Trinajstić information content (AvgIpc) is 2.49. The Morgan fingerprint density at radius 2 is 1.95 bits per heavy atom. The van der Waals surface area contributed by atoms with Crippen molar-refractivity contribution in [2.24, 2.45) is 16.9 Å². The van der Waals surface area contributed by atoms with Gasteiger partial charge >= 0.3 is 0 Å². The number of likely N-dealkylation sites (tertiary alicyclic amines) is 1. The van der Waals surface area contributed by atoms with Gasteiger partial charge in [0.05, 0.1) is 0 Å². The van der Waals surface area contributed by atoms with Gasteiger partial charge in [0.25, 0.3) is 5.91 Å². The van der Waals surface area contributed by atoms with E-state index in [1.165, 1.54) is 30.7 Å². The first-order valence-corrected chi connectivity index (χ1v) is 8.23. The molecule has 0 aromatic rings. The third kappa shape index (κ3) is 2.70. The fourth-order valence-electron chi connectivity index (χ4n) is 4.28. The molecule has 2 fully saturated rings. The number of rotatable bonds is 1. The zero-order valence-corrected chi connectivity index (χ0v) is 13.0. The van der Waals surface area contributed by atoms with Crippen LogP contribution in [0.5, 0.6) is 0 Å². The van der Waals surface area contributed by atoms with Crippen LogP contribution in [0.25, 0.3) is 0 Å². The van der Waals surface area contributed by atoms with E-state index in [1.807, 2.05) is 0 Å². The van der Waals surface area contributed by atoms with Gasteiger partial charge in [-0.1, -0.05) is 13.3 Å². The lowest BCUT2D eigenvalue weighted by molar-refractivity contribution is -0.133. The number of carbonyl (C=O) groups excluding carboxylic acids is 2. The van der Waals surface area contributed by atoms with Crippen LogP contribution in [-0.4, -0.2) is 47.1 Å². The summed E-state index contributed by atoms with van der Waals surface area (Å²) in [5.74, 6) is 1.30. The van der Waals surface area contributed by atoms with E-state index in [1.54, 1.807) is 7.05 Å². The molecule has 116 valence electrons. The smallest absolute Gasteiger partial charge is 0.270 e. The normalized spacial score (nSPS) is 33.5. The minimum Gasteiger partial charge on any atom is -0.334 e. The third-order valence-corrected chi connectivity index (χ3v) is 5.35. The Morgan fingerprint density at radius 1 is 1.19 bits per heavy atom. The second-order valence-electron chi connectivity index (χ2n) is 6.76. The third-order valence-electron chi connectivity index (χ3n) is 5.35. The summed E-state index contributed by atoms with van der Waals surface area (Å²) in [5, 5.41) is 5.53. The van der Waals surface area contributed by atoms with Gasteiger partial charge in [-0.3, -0.25) is 9.59 Å². The van der Waals surface area contributed by atoms with Crippen LogP contribution in [0.4, 0.5) is 0 Å². The molecule has 0 aromatic heterocycles. The van der Waals surface area contributed by atoms with Crippen molar-refractivity contribution in [3.05, 3.63) is 0 Å². The monoisotopic (exact) mass is 291 g/mol. The van der Waals surface area contributed by atoms with Gasteiger partial charge in [0.2, 0.25) is 5.91 Å². The fraction of sp³-hybridized carbons (Fsp3) is 0.812. The molecular weight excluding hydrogens is 266 g/mol. The van der Waals surface area contributed by atoms with E-state index < -0.39 is 0 Å². The molecule has 2 amide bonds. The van der Waals surface area contributed by atoms with Crippen molar-refractivity contribution in [1.82, 2.24) is 9.91 Å². The second kappa shape index (κ2) is 5.78. The van der Waals surface area contributed by atoms with Crippen LogP contribution in [0.3, 0.4) is 0 Å². The van der Waals surface area contributed by atoms with Crippen molar-refractivity contribution in [1.29, 1.82) is 0 Å². The maximum Gasteiger partial charge on any atom is 0.270 e. The Bertz CT molecular complexity index is 472. The molecule has 21 heavy (non-hydrogen) atoms. The van der Waals surface area contributed by atoms with Gasteiger partial charge in [-0.2, -0.15) is 5.10 Å². The van der Waals surface area contributed by atoms with Crippen molar-refractivity contribution < 1.29 is 9.59 Å². The molecule has 1 saturated carbocycles. The number of fused-ring (bicyclic) bond motifs is 1. The predicted octanol–water partition coefficient (Wildman–Crippen LogP) is 2.02. The van der Waals surface area contributed by atoms with Gasteiger partial charge in [0.1, 0.15) is 5.71 Å². The molecule has 3 rings (SSSR count). The molecule has 2 aliphatic heterocycles. The van der Waals surface area contributed by atoms with Gasteiger partial charge in [0, 0.05) is 32.5 Å². The Kier molecular flexibility index (Phi) is 4.00. The van der Waals surface area contributed by atoms with Crippen molar-refractivity contribution in [3.63, 3.8) is 0 Å². The number of nitrogens with zero attached hydrogens (tertiary/aromatic N) is 3. The molecule has 3 aliphatic rings. The van der Waals surface area contributed by atoms with Crippen molar-refractivity contribution >= 4 is 17.5 Å². The Balaban J connectivity index is 1.80. The molecule has 5 heteroatoms. The lowest BCUT2D eigenvalue weighted by Crippen LogP contribution is -2.55. The van der Waals surface area contributed by atoms with Gasteiger partial charge in [-0.05, 0) is 37.5 Å². The molecule has 3 atom stereocenters. The summed E-state index contributed by atoms with van der Waals surface area (Å²) >= 11 is 0. The lowest BCUT2D eigenvalue weighted by Gasteiger charge is -2.47. The Hall–Kier alpha value is -1.39. The van der Waals surface area contributed by atoms with Crippen LogP contribution in [0, 0.1) is 11.8 Å². The first-order chi connectivity index (χ1) is 10.1. The molecule has 0 unspecified atom stereocenters. The molecule has 2 heterocycles. The topological polar surface area (TPSA) is 53.0 Å². The number of amides is 2. The quantitative estimate of drug-likeness (QED) is 0.742. The highest BCUT2D eigenvalue weighted by molar-refractivity contribution is 6.39. The summed E-state index contributed by atoms with van der Waals surface area (Å²) in [7, 11) is 1.64. The van der Waals surface area contributed by atoms with E-state index in [0.29, 0.717) is 36.4 Å². The minimum absolute atomic E-state index is 0.00546. The number of hydrazone groups is 1. The van der Waals surface area contributed by atoms with Crippen LogP contribution in [0.2, 0.25) is 0 Å². The van der Waals surface area contributed by atoms with Gasteiger partial charge < -0.3 is 4.90 Å². The van der Waals surface area contributed by atoms with Crippen molar-refractivity contribution in [2.75, 3.05) is 13.6 Å². The maximum atomic E-state index is 12.9. The first kappa shape index (κ1) is 14.5. The molecule has 0 spiro atoms. The van der Waals surface area contributed by atoms with E-state index in [2.05, 4.69) is 16.9 Å². The zero-order valence-electron chi connectivity index (χ0n) is 13.0. The summed E-state index contributed by atoms with van der Waals surface area (Å²) < 4.78 is 0. The molecule has 0 bridgehead atoms. The van der Waals surface area contributed by atoms with E-state index in [4.69, 9.17) is 0 Å². The highest BCUT2D eigenvalue weighted by atomic mass is 16.2. The Morgan fingerprint density at radius 3 is 2.71 bits per heavy atom. The average molecular weight is 291 g/mol. The maximum absolute atomic E-state index is 12.9. The Labute approximate surface area is 126 Å². The molecule has 5 nitrogen and oxygen atoms in total. The number of hydrogen-bond acceptors (Lipinski definition) is 3. The molecule has 1 aliphatic carbocycles. The van der Waals surface area contributed by atoms with Gasteiger partial charge in [-0.15, -0.1) is 0 Å². The summed E-state index contributed by atoms with van der Waals surface area (Å²) in [6.45, 7) is 3.13. The molecule has 0 radical (unpaired) electrons. The molecular formula is C16H25N3O2. The van der Waals surface area contributed by atoms with Gasteiger partial charge in [-0.25, -0.2) is 5.01 Å². The predicted molar refractivity (Wildman–Crippen MR) is 80.7 cm³/mol. The second-order valence-corrected chi connectivity index (χ2v) is 6.76. The van der Waals surface area contributed by atoms with E-state index in [0.717, 1.165) is 13.0 Å². The molecule has 0 N–H and O–H groups in total. The van der Waals surface area contributed by atoms with E-state index in [9.17, 15) is 9.59 Å². The SMILES string of the molecule is C[C@@H]1CCC[C@@H]2CCCN(C(=O)C3=NN(C)C(=O)CC3)[C@@H]21. The minimum atomic E-state index is -0.00546. The van der Waals surface area contributed by atoms with Crippen molar-refractivity contribution in [2.45, 2.75) is 57.9 Å². The van der Waals surface area contributed by atoms with Crippen LogP contribution < -0.4 is 0 Å². The summed E-state index contributed by atoms with van der Waals surface area (Å²) in [6.07, 6.45) is 7.01. The number of hydrogen-bond donors (Lipinski definition) is 0. The zero-order chi connectivity index (χ0) is 15.0. The summed E-state index contributed by atoms with van der Waals surface area (Å²) in [4.78, 5) is 26.4. The lowest BCUT2D eigenvalue weighted by atomic mass is 9.73. The van der Waals surface area contributed by atoms with Crippen LogP contribution in [0.1, 0.15) is 51.9 Å². The van der Waals surface area contributed by atoms with E-state index in [-0.39, 0.29) is 11.8 Å². The standard InChI is InChI=1S/C16H25N3O2/c1-11-5-3-6-12-7-4-10-19(15(11)12)16(21)13-8-9-14(20)18(2)17-13/h11-12,15H,3-10H2,1-2H3/t11-,12-,15-/m1/s1. The highest BCUT2D eigenvalue weighted by Gasteiger charge is 2.41. The van der Waals surface area contributed by atoms with Gasteiger partial charge in [0.15, 0.2) is 0 Å². The molecule has 0 aromatic carbocycles. The molecule has 1 saturated heterocycles. The number of carbonyl (C=O) groups is 2. The van der Waals surface area contributed by atoms with Crippen molar-refractivity contribution in [3.8, 4) is 0 Å². The first-order valence-electron chi connectivity index (χ1n) is 8.23. The van der Waals surface area contributed by atoms with Crippen LogP contribution in [0.15, 0.2) is 5.10 Å². The summed E-state index contributed by atoms with van der Waals surface area (Å²) in [5.41, 5.74) is 0.565. The van der Waals surface area contributed by atoms with Crippen LogP contribution >= 0.6 is 0 Å². The van der Waals surface area contributed by atoms with E-state index >= 15 is 0 Å². The summed E-state index contributed by atoms with van der Waals surface area (Å²) in [6, 6.07) is 0.380. The highest BCUT2D eigenvalue weighted by Crippen LogP contribution is 2.38. The fourth-order valence-corrected chi connectivity index (χ4v) is 4.28. The number of piperidine rings is 1. The largest absolute Gasteiger partial charge is 0.334 e.